The fourth-order valence-electron chi connectivity index (χ4n) is 3.02. The SMILES string of the molecule is COC1CN(C(C)C(=O)c2ccc(C)c(C)c2)CCC1C. The number of Topliss-reactive ketones (excluding diaryl/α,β-unsaturated/α-hetero) is 1. The molecule has 0 radical (unpaired) electrons. The molecule has 1 heterocycles. The molecule has 3 unspecified atom stereocenters. The Balaban J connectivity index is 2.10. The van der Waals surface area contributed by atoms with E-state index in [-0.39, 0.29) is 17.9 Å². The van der Waals surface area contributed by atoms with Crippen LogP contribution in [0.4, 0.5) is 0 Å². The minimum Gasteiger partial charge on any atom is -0.380 e. The first kappa shape index (κ1) is 16.2. The van der Waals surface area contributed by atoms with Gasteiger partial charge in [-0.05, 0) is 56.8 Å². The number of likely N-dealkylation sites (tertiary alicyclic amines) is 1. The number of rotatable bonds is 4. The predicted octanol–water partition coefficient (Wildman–Crippen LogP) is 3.23. The number of carbonyl (C=O) groups excluding carboxylic acids is 1. The van der Waals surface area contributed by atoms with Crippen molar-refractivity contribution < 1.29 is 9.53 Å². The fraction of sp³-hybridized carbons (Fsp3) is 0.611. The van der Waals surface area contributed by atoms with Crippen LogP contribution in [-0.2, 0) is 4.74 Å². The van der Waals surface area contributed by atoms with Gasteiger partial charge in [-0.25, -0.2) is 0 Å². The van der Waals surface area contributed by atoms with Crippen LogP contribution in [0.1, 0.15) is 41.8 Å². The summed E-state index contributed by atoms with van der Waals surface area (Å²) in [6, 6.07) is 5.90. The number of methoxy groups -OCH3 is 1. The smallest absolute Gasteiger partial charge is 0.179 e. The van der Waals surface area contributed by atoms with Crippen LogP contribution in [0, 0.1) is 19.8 Å². The first-order chi connectivity index (χ1) is 9.93. The highest BCUT2D eigenvalue weighted by molar-refractivity contribution is 6.00. The van der Waals surface area contributed by atoms with E-state index in [9.17, 15) is 4.79 Å². The Morgan fingerprint density at radius 3 is 2.67 bits per heavy atom. The molecule has 116 valence electrons. The van der Waals surface area contributed by atoms with Crippen molar-refractivity contribution in [2.24, 2.45) is 5.92 Å². The number of carbonyl (C=O) groups is 1. The standard InChI is InChI=1S/C18H27NO2/c1-12-6-7-16(10-14(12)3)18(20)15(4)19-9-8-13(2)17(11-19)21-5/h6-7,10,13,15,17H,8-9,11H2,1-5H3. The fourth-order valence-corrected chi connectivity index (χ4v) is 3.02. The van der Waals surface area contributed by atoms with Crippen molar-refractivity contribution in [3.8, 4) is 0 Å². The maximum absolute atomic E-state index is 12.7. The van der Waals surface area contributed by atoms with Crippen molar-refractivity contribution in [2.75, 3.05) is 20.2 Å². The van der Waals surface area contributed by atoms with E-state index in [0.29, 0.717) is 5.92 Å². The molecule has 1 fully saturated rings. The van der Waals surface area contributed by atoms with Crippen LogP contribution in [0.2, 0.25) is 0 Å². The molecule has 0 aromatic heterocycles. The predicted molar refractivity (Wildman–Crippen MR) is 85.9 cm³/mol. The van der Waals surface area contributed by atoms with Crippen LogP contribution >= 0.6 is 0 Å². The van der Waals surface area contributed by atoms with Gasteiger partial charge in [0.15, 0.2) is 5.78 Å². The van der Waals surface area contributed by atoms with Gasteiger partial charge in [-0.3, -0.25) is 9.69 Å². The molecule has 0 amide bonds. The molecule has 0 spiro atoms. The topological polar surface area (TPSA) is 29.5 Å². The van der Waals surface area contributed by atoms with Crippen molar-refractivity contribution in [2.45, 2.75) is 46.3 Å². The summed E-state index contributed by atoms with van der Waals surface area (Å²) < 4.78 is 5.55. The van der Waals surface area contributed by atoms with Gasteiger partial charge in [0.25, 0.3) is 0 Å². The number of piperidine rings is 1. The second kappa shape index (κ2) is 6.71. The van der Waals surface area contributed by atoms with Gasteiger partial charge >= 0.3 is 0 Å². The largest absolute Gasteiger partial charge is 0.380 e. The number of hydrogen-bond donors (Lipinski definition) is 0. The lowest BCUT2D eigenvalue weighted by atomic mass is 9.93. The number of ether oxygens (including phenoxy) is 1. The number of hydrogen-bond acceptors (Lipinski definition) is 3. The zero-order valence-corrected chi connectivity index (χ0v) is 13.8. The van der Waals surface area contributed by atoms with Crippen LogP contribution in [0.25, 0.3) is 0 Å². The van der Waals surface area contributed by atoms with Gasteiger partial charge in [-0.1, -0.05) is 19.1 Å². The number of ketones is 1. The quantitative estimate of drug-likeness (QED) is 0.797. The molecule has 2 rings (SSSR count). The molecule has 1 aliphatic heterocycles. The molecular formula is C18H27NO2. The molecule has 1 aromatic rings. The lowest BCUT2D eigenvalue weighted by Gasteiger charge is -2.39. The van der Waals surface area contributed by atoms with Gasteiger partial charge in [-0.15, -0.1) is 0 Å². The third-order valence-corrected chi connectivity index (χ3v) is 4.94. The van der Waals surface area contributed by atoms with Crippen molar-refractivity contribution >= 4 is 5.78 Å². The number of benzene rings is 1. The summed E-state index contributed by atoms with van der Waals surface area (Å²) in [6.07, 6.45) is 1.32. The van der Waals surface area contributed by atoms with E-state index < -0.39 is 0 Å². The Morgan fingerprint density at radius 1 is 1.33 bits per heavy atom. The lowest BCUT2D eigenvalue weighted by molar-refractivity contribution is -0.0139. The monoisotopic (exact) mass is 289 g/mol. The molecule has 3 nitrogen and oxygen atoms in total. The Hall–Kier alpha value is -1.19. The van der Waals surface area contributed by atoms with Crippen molar-refractivity contribution in [3.63, 3.8) is 0 Å². The Labute approximate surface area is 128 Å². The first-order valence-corrected chi connectivity index (χ1v) is 7.82. The van der Waals surface area contributed by atoms with E-state index in [1.807, 2.05) is 25.1 Å². The molecule has 1 aromatic carbocycles. The third kappa shape index (κ3) is 3.53. The molecule has 3 heteroatoms. The van der Waals surface area contributed by atoms with Crippen molar-refractivity contribution in [1.29, 1.82) is 0 Å². The van der Waals surface area contributed by atoms with Crippen LogP contribution in [-0.4, -0.2) is 43.0 Å². The number of nitrogens with zero attached hydrogens (tertiary/aromatic N) is 1. The summed E-state index contributed by atoms with van der Waals surface area (Å²) in [4.78, 5) is 15.0. The van der Waals surface area contributed by atoms with Gasteiger partial charge in [-0.2, -0.15) is 0 Å². The van der Waals surface area contributed by atoms with E-state index >= 15 is 0 Å². The van der Waals surface area contributed by atoms with Gasteiger partial charge in [0, 0.05) is 19.2 Å². The molecule has 3 atom stereocenters. The molecular weight excluding hydrogens is 262 g/mol. The summed E-state index contributed by atoms with van der Waals surface area (Å²) in [5, 5.41) is 0. The molecule has 0 aliphatic carbocycles. The zero-order valence-electron chi connectivity index (χ0n) is 13.8. The summed E-state index contributed by atoms with van der Waals surface area (Å²) in [7, 11) is 1.76. The van der Waals surface area contributed by atoms with E-state index in [4.69, 9.17) is 4.74 Å². The maximum Gasteiger partial charge on any atom is 0.179 e. The molecule has 1 saturated heterocycles. The van der Waals surface area contributed by atoms with Crippen LogP contribution in [0.3, 0.4) is 0 Å². The Bertz CT molecular complexity index is 512. The first-order valence-electron chi connectivity index (χ1n) is 7.82. The van der Waals surface area contributed by atoms with Gasteiger partial charge in [0.2, 0.25) is 0 Å². The van der Waals surface area contributed by atoms with Crippen LogP contribution < -0.4 is 0 Å². The Morgan fingerprint density at radius 2 is 2.05 bits per heavy atom. The van der Waals surface area contributed by atoms with E-state index in [1.165, 1.54) is 11.1 Å². The van der Waals surface area contributed by atoms with Crippen LogP contribution in [0.5, 0.6) is 0 Å². The molecule has 0 saturated carbocycles. The third-order valence-electron chi connectivity index (χ3n) is 4.94. The Kier molecular flexibility index (Phi) is 5.17. The number of aryl methyl sites for hydroxylation is 2. The second-order valence-electron chi connectivity index (χ2n) is 6.37. The average Bonchev–Trinajstić information content (AvgIpc) is 2.49. The highest BCUT2D eigenvalue weighted by Gasteiger charge is 2.31. The molecule has 21 heavy (non-hydrogen) atoms. The maximum atomic E-state index is 12.7. The van der Waals surface area contributed by atoms with Gasteiger partial charge < -0.3 is 4.74 Å². The highest BCUT2D eigenvalue weighted by Crippen LogP contribution is 2.22. The summed E-state index contributed by atoms with van der Waals surface area (Å²) in [6.45, 7) is 10.2. The molecule has 0 N–H and O–H groups in total. The highest BCUT2D eigenvalue weighted by atomic mass is 16.5. The molecule has 0 bridgehead atoms. The average molecular weight is 289 g/mol. The minimum absolute atomic E-state index is 0.0859. The van der Waals surface area contributed by atoms with Crippen molar-refractivity contribution in [3.05, 3.63) is 34.9 Å². The summed E-state index contributed by atoms with van der Waals surface area (Å²) in [5.41, 5.74) is 3.22. The zero-order chi connectivity index (χ0) is 15.6. The van der Waals surface area contributed by atoms with E-state index in [1.54, 1.807) is 7.11 Å². The van der Waals surface area contributed by atoms with Crippen molar-refractivity contribution in [1.82, 2.24) is 4.90 Å². The molecule has 1 aliphatic rings. The summed E-state index contributed by atoms with van der Waals surface area (Å²) in [5.74, 6) is 0.776. The van der Waals surface area contributed by atoms with Gasteiger partial charge in [0.1, 0.15) is 0 Å². The van der Waals surface area contributed by atoms with Crippen LogP contribution in [0.15, 0.2) is 18.2 Å². The normalized spacial score (nSPS) is 24.8. The minimum atomic E-state index is -0.0859. The lowest BCUT2D eigenvalue weighted by Crippen LogP contribution is -2.50. The van der Waals surface area contributed by atoms with E-state index in [2.05, 4.69) is 25.7 Å². The summed E-state index contributed by atoms with van der Waals surface area (Å²) >= 11 is 0. The van der Waals surface area contributed by atoms with Gasteiger partial charge in [0.05, 0.1) is 12.1 Å². The van der Waals surface area contributed by atoms with E-state index in [0.717, 1.165) is 25.1 Å². The second-order valence-corrected chi connectivity index (χ2v) is 6.37.